The van der Waals surface area contributed by atoms with Gasteiger partial charge in [-0.05, 0) is 39.0 Å². The van der Waals surface area contributed by atoms with E-state index in [9.17, 15) is 4.79 Å². The molecule has 2 heterocycles. The average Bonchev–Trinajstić information content (AvgIpc) is 2.53. The molecule has 0 aliphatic carbocycles. The molecule has 0 N–H and O–H groups in total. The van der Waals surface area contributed by atoms with Gasteiger partial charge >= 0.3 is 0 Å². The maximum absolute atomic E-state index is 12.5. The van der Waals surface area contributed by atoms with E-state index in [4.69, 9.17) is 9.47 Å². The van der Waals surface area contributed by atoms with Gasteiger partial charge in [0.25, 0.3) is 0 Å². The Bertz CT molecular complexity index is 341. The van der Waals surface area contributed by atoms with Gasteiger partial charge < -0.3 is 14.4 Å². The molecule has 2 fully saturated rings. The quantitative estimate of drug-likeness (QED) is 0.749. The van der Waals surface area contributed by atoms with E-state index in [0.29, 0.717) is 18.4 Å². The lowest BCUT2D eigenvalue weighted by Gasteiger charge is -2.37. The highest BCUT2D eigenvalue weighted by Gasteiger charge is 2.28. The van der Waals surface area contributed by atoms with Crippen molar-refractivity contribution in [3.05, 3.63) is 0 Å². The molecule has 0 unspecified atom stereocenters. The van der Waals surface area contributed by atoms with Gasteiger partial charge in [0.15, 0.2) is 0 Å². The first-order chi connectivity index (χ1) is 10.6. The van der Waals surface area contributed by atoms with Crippen LogP contribution in [0.4, 0.5) is 0 Å². The molecule has 0 spiro atoms. The maximum atomic E-state index is 12.5. The Morgan fingerprint density at radius 1 is 1.27 bits per heavy atom. The number of hydrogen-bond acceptors (Lipinski definition) is 4. The number of rotatable bonds is 6. The molecule has 0 aromatic carbocycles. The van der Waals surface area contributed by atoms with E-state index in [0.717, 1.165) is 58.7 Å². The van der Waals surface area contributed by atoms with E-state index in [1.807, 2.05) is 4.90 Å². The Labute approximate surface area is 134 Å². The van der Waals surface area contributed by atoms with E-state index in [2.05, 4.69) is 18.7 Å². The van der Waals surface area contributed by atoms with Gasteiger partial charge in [0.1, 0.15) is 0 Å². The van der Waals surface area contributed by atoms with Crippen molar-refractivity contribution in [2.24, 2.45) is 5.92 Å². The second-order valence-corrected chi connectivity index (χ2v) is 6.89. The molecular formula is C17H32N2O3. The number of methoxy groups -OCH3 is 1. The third-order valence-corrected chi connectivity index (χ3v) is 5.00. The van der Waals surface area contributed by atoms with Crippen LogP contribution in [0.3, 0.4) is 0 Å². The lowest BCUT2D eigenvalue weighted by atomic mass is 9.93. The normalized spacial score (nSPS) is 24.9. The summed E-state index contributed by atoms with van der Waals surface area (Å²) in [5.74, 6) is 0.979. The summed E-state index contributed by atoms with van der Waals surface area (Å²) in [7, 11) is 1.75. The third-order valence-electron chi connectivity index (χ3n) is 5.00. The first kappa shape index (κ1) is 17.7. The largest absolute Gasteiger partial charge is 0.385 e. The lowest BCUT2D eigenvalue weighted by molar-refractivity contribution is -0.138. The van der Waals surface area contributed by atoms with E-state index in [1.54, 1.807) is 7.11 Å². The number of hydrogen-bond donors (Lipinski definition) is 0. The highest BCUT2D eigenvalue weighted by Crippen LogP contribution is 2.22. The number of ether oxygens (including phenoxy) is 2. The number of carbonyl (C=O) groups is 1. The number of piperidine rings is 1. The Hall–Kier alpha value is -0.650. The molecule has 128 valence electrons. The Morgan fingerprint density at radius 2 is 2.00 bits per heavy atom. The minimum Gasteiger partial charge on any atom is -0.385 e. The molecule has 0 aromatic heterocycles. The smallest absolute Gasteiger partial charge is 0.225 e. The van der Waals surface area contributed by atoms with E-state index in [-0.39, 0.29) is 12.0 Å². The summed E-state index contributed by atoms with van der Waals surface area (Å²) in [5.41, 5.74) is 0. The molecular weight excluding hydrogens is 280 g/mol. The monoisotopic (exact) mass is 312 g/mol. The zero-order valence-corrected chi connectivity index (χ0v) is 14.4. The predicted octanol–water partition coefficient (Wildman–Crippen LogP) is 1.76. The topological polar surface area (TPSA) is 42.0 Å². The summed E-state index contributed by atoms with van der Waals surface area (Å²) in [6, 6.07) is 0.526. The highest BCUT2D eigenvalue weighted by molar-refractivity contribution is 5.76. The number of nitrogens with zero attached hydrogens (tertiary/aromatic N) is 2. The molecule has 0 saturated carbocycles. The summed E-state index contributed by atoms with van der Waals surface area (Å²) in [6.45, 7) is 9.64. The zero-order chi connectivity index (χ0) is 15.9. The molecule has 1 amide bonds. The van der Waals surface area contributed by atoms with Crippen molar-refractivity contribution in [3.8, 4) is 0 Å². The highest BCUT2D eigenvalue weighted by atomic mass is 16.5. The first-order valence-electron chi connectivity index (χ1n) is 8.72. The minimum absolute atomic E-state index is 0.0647. The van der Waals surface area contributed by atoms with Crippen molar-refractivity contribution in [3.63, 3.8) is 0 Å². The second kappa shape index (κ2) is 8.85. The van der Waals surface area contributed by atoms with Crippen LogP contribution >= 0.6 is 0 Å². The summed E-state index contributed by atoms with van der Waals surface area (Å²) < 4.78 is 10.9. The van der Waals surface area contributed by atoms with Gasteiger partial charge in [0.05, 0.1) is 19.1 Å². The predicted molar refractivity (Wildman–Crippen MR) is 86.9 cm³/mol. The fraction of sp³-hybridized carbons (Fsp3) is 0.941. The third kappa shape index (κ3) is 5.21. The van der Waals surface area contributed by atoms with Gasteiger partial charge in [-0.25, -0.2) is 0 Å². The first-order valence-corrected chi connectivity index (χ1v) is 8.72. The van der Waals surface area contributed by atoms with Crippen LogP contribution in [-0.2, 0) is 14.3 Å². The molecule has 5 heteroatoms. The van der Waals surface area contributed by atoms with Gasteiger partial charge in [-0.15, -0.1) is 0 Å². The molecule has 2 aliphatic rings. The van der Waals surface area contributed by atoms with Crippen molar-refractivity contribution >= 4 is 5.91 Å². The van der Waals surface area contributed by atoms with E-state index in [1.165, 1.54) is 0 Å². The van der Waals surface area contributed by atoms with E-state index >= 15 is 0 Å². The van der Waals surface area contributed by atoms with Crippen LogP contribution in [0.5, 0.6) is 0 Å². The zero-order valence-electron chi connectivity index (χ0n) is 14.4. The summed E-state index contributed by atoms with van der Waals surface area (Å²) in [4.78, 5) is 16.9. The second-order valence-electron chi connectivity index (χ2n) is 6.89. The van der Waals surface area contributed by atoms with Crippen LogP contribution in [-0.4, -0.2) is 74.4 Å². The van der Waals surface area contributed by atoms with Crippen LogP contribution in [0.1, 0.15) is 39.5 Å². The maximum Gasteiger partial charge on any atom is 0.225 e. The van der Waals surface area contributed by atoms with Crippen molar-refractivity contribution < 1.29 is 14.3 Å². The standard InChI is InChI=1S/C17H32N2O3/c1-14(2)19-9-11-22-16(13-19)12-17(20)18-7-4-15(5-8-18)6-10-21-3/h14-16H,4-13H2,1-3H3/t16-/m0/s1. The van der Waals surface area contributed by atoms with Crippen LogP contribution in [0.25, 0.3) is 0 Å². The Kier molecular flexibility index (Phi) is 7.12. The van der Waals surface area contributed by atoms with Crippen LogP contribution in [0, 0.1) is 5.92 Å². The molecule has 5 nitrogen and oxygen atoms in total. The summed E-state index contributed by atoms with van der Waals surface area (Å²) in [5, 5.41) is 0. The summed E-state index contributed by atoms with van der Waals surface area (Å²) in [6.07, 6.45) is 3.94. The van der Waals surface area contributed by atoms with E-state index < -0.39 is 0 Å². The van der Waals surface area contributed by atoms with Gasteiger partial charge in [-0.2, -0.15) is 0 Å². The molecule has 22 heavy (non-hydrogen) atoms. The molecule has 1 atom stereocenters. The SMILES string of the molecule is COCCC1CCN(C(=O)C[C@H]2CN(C(C)C)CCO2)CC1. The molecule has 0 bridgehead atoms. The number of amides is 1. The Morgan fingerprint density at radius 3 is 2.64 bits per heavy atom. The van der Waals surface area contributed by atoms with Crippen molar-refractivity contribution in [1.29, 1.82) is 0 Å². The minimum atomic E-state index is 0.0647. The molecule has 2 saturated heterocycles. The van der Waals surface area contributed by atoms with Gasteiger partial charge in [0, 0.05) is 45.9 Å². The van der Waals surface area contributed by atoms with Gasteiger partial charge in [0.2, 0.25) is 5.91 Å². The molecule has 0 radical (unpaired) electrons. The average molecular weight is 312 g/mol. The van der Waals surface area contributed by atoms with Crippen LogP contribution in [0.15, 0.2) is 0 Å². The van der Waals surface area contributed by atoms with Gasteiger partial charge in [-0.1, -0.05) is 0 Å². The summed E-state index contributed by atoms with van der Waals surface area (Å²) >= 11 is 0. The lowest BCUT2D eigenvalue weighted by Crippen LogP contribution is -2.48. The van der Waals surface area contributed by atoms with Crippen LogP contribution in [0.2, 0.25) is 0 Å². The van der Waals surface area contributed by atoms with Crippen molar-refractivity contribution in [2.75, 3.05) is 46.5 Å². The fourth-order valence-electron chi connectivity index (χ4n) is 3.41. The fourth-order valence-corrected chi connectivity index (χ4v) is 3.41. The molecule has 0 aromatic rings. The van der Waals surface area contributed by atoms with Crippen molar-refractivity contribution in [2.45, 2.75) is 51.7 Å². The number of likely N-dealkylation sites (tertiary alicyclic amines) is 1. The molecule has 2 rings (SSSR count). The van der Waals surface area contributed by atoms with Crippen LogP contribution < -0.4 is 0 Å². The number of morpholine rings is 1. The molecule has 2 aliphatic heterocycles. The van der Waals surface area contributed by atoms with Gasteiger partial charge in [-0.3, -0.25) is 9.69 Å². The Balaban J connectivity index is 1.71. The van der Waals surface area contributed by atoms with Crippen molar-refractivity contribution in [1.82, 2.24) is 9.80 Å². The number of carbonyl (C=O) groups excluding carboxylic acids is 1.